The predicted octanol–water partition coefficient (Wildman–Crippen LogP) is 0.135. The van der Waals surface area contributed by atoms with Crippen molar-refractivity contribution in [3.8, 4) is 0 Å². The van der Waals surface area contributed by atoms with Crippen LogP contribution in [0.4, 0.5) is 0 Å². The number of amides is 1. The number of hydrogen-bond acceptors (Lipinski definition) is 5. The third kappa shape index (κ3) is 4.89. The third-order valence-electron chi connectivity index (χ3n) is 2.53. The van der Waals surface area contributed by atoms with Gasteiger partial charge in [0.2, 0.25) is 5.91 Å². The van der Waals surface area contributed by atoms with E-state index in [-0.39, 0.29) is 19.4 Å². The first-order chi connectivity index (χ1) is 9.04. The van der Waals surface area contributed by atoms with Gasteiger partial charge >= 0.3 is 5.97 Å². The van der Waals surface area contributed by atoms with Crippen molar-refractivity contribution in [2.24, 2.45) is 11.5 Å². The number of esters is 1. The zero-order chi connectivity index (χ0) is 14.3. The number of carbonyl (C=O) groups is 3. The van der Waals surface area contributed by atoms with E-state index in [1.165, 1.54) is 0 Å². The average molecular weight is 264 g/mol. The first kappa shape index (κ1) is 14.8. The van der Waals surface area contributed by atoms with E-state index in [9.17, 15) is 14.4 Å². The molecular formula is C13H16N2O4. The fraction of sp³-hybridized carbons (Fsp3) is 0.308. The van der Waals surface area contributed by atoms with E-state index in [2.05, 4.69) is 0 Å². The number of hydrogen-bond donors (Lipinski definition) is 2. The molecule has 4 N–H and O–H groups in total. The summed E-state index contributed by atoms with van der Waals surface area (Å²) in [5.41, 5.74) is 11.4. The number of aldehydes is 1. The molecule has 1 rings (SSSR count). The van der Waals surface area contributed by atoms with Crippen molar-refractivity contribution in [3.05, 3.63) is 35.4 Å². The largest absolute Gasteiger partial charge is 0.461 e. The lowest BCUT2D eigenvalue weighted by Crippen LogP contribution is -2.23. The van der Waals surface area contributed by atoms with Gasteiger partial charge in [0.15, 0.2) is 0 Å². The lowest BCUT2D eigenvalue weighted by molar-refractivity contribution is -0.145. The van der Waals surface area contributed by atoms with Gasteiger partial charge < -0.3 is 21.0 Å². The average Bonchev–Trinajstić information content (AvgIpc) is 2.42. The highest BCUT2D eigenvalue weighted by Crippen LogP contribution is 2.10. The number of primary amides is 1. The quantitative estimate of drug-likeness (QED) is 0.537. The van der Waals surface area contributed by atoms with Crippen molar-refractivity contribution in [1.29, 1.82) is 0 Å². The third-order valence-corrected chi connectivity index (χ3v) is 2.53. The minimum Gasteiger partial charge on any atom is -0.461 e. The molecule has 0 fully saturated rings. The molecule has 0 bridgehead atoms. The summed E-state index contributed by atoms with van der Waals surface area (Å²) in [7, 11) is 0. The number of ether oxygens (including phenoxy) is 1. The Kier molecular flexibility index (Phi) is 5.69. The Hall–Kier alpha value is -2.21. The monoisotopic (exact) mass is 264 g/mol. The van der Waals surface area contributed by atoms with Gasteiger partial charge in [0.25, 0.3) is 0 Å². The molecule has 19 heavy (non-hydrogen) atoms. The Balaban J connectivity index is 2.50. The van der Waals surface area contributed by atoms with Crippen molar-refractivity contribution in [2.75, 3.05) is 0 Å². The number of nitrogens with two attached hydrogens (primary N) is 2. The highest BCUT2D eigenvalue weighted by Gasteiger charge is 2.11. The predicted molar refractivity (Wildman–Crippen MR) is 68.0 cm³/mol. The Morgan fingerprint density at radius 3 is 2.63 bits per heavy atom. The molecule has 0 saturated carbocycles. The molecule has 6 nitrogen and oxygen atoms in total. The molecule has 0 aliphatic carbocycles. The van der Waals surface area contributed by atoms with Crippen molar-refractivity contribution in [3.63, 3.8) is 0 Å². The van der Waals surface area contributed by atoms with E-state index in [4.69, 9.17) is 16.2 Å². The van der Waals surface area contributed by atoms with Crippen molar-refractivity contribution < 1.29 is 19.1 Å². The minimum absolute atomic E-state index is 0.0335. The standard InChI is InChI=1S/C13H16N2O4/c14-10(7-16)5-6-12(17)19-8-9-3-1-2-4-11(9)13(15)18/h1-4,7,10H,5-6,8,14H2,(H2,15,18)/t10-/m0/s1. The Morgan fingerprint density at radius 2 is 2.00 bits per heavy atom. The van der Waals surface area contributed by atoms with Gasteiger partial charge in [-0.15, -0.1) is 0 Å². The van der Waals surface area contributed by atoms with Gasteiger partial charge in [-0.25, -0.2) is 0 Å². The van der Waals surface area contributed by atoms with E-state index in [0.29, 0.717) is 17.4 Å². The lowest BCUT2D eigenvalue weighted by atomic mass is 10.1. The number of rotatable bonds is 7. The fourth-order valence-corrected chi connectivity index (χ4v) is 1.47. The van der Waals surface area contributed by atoms with Gasteiger partial charge in [0.1, 0.15) is 12.9 Å². The van der Waals surface area contributed by atoms with Crippen molar-refractivity contribution in [1.82, 2.24) is 0 Å². The van der Waals surface area contributed by atoms with E-state index in [1.807, 2.05) is 0 Å². The van der Waals surface area contributed by atoms with E-state index >= 15 is 0 Å². The van der Waals surface area contributed by atoms with Crippen LogP contribution in [0.3, 0.4) is 0 Å². The molecule has 6 heteroatoms. The maximum Gasteiger partial charge on any atom is 0.306 e. The van der Waals surface area contributed by atoms with Crippen molar-refractivity contribution in [2.45, 2.75) is 25.5 Å². The lowest BCUT2D eigenvalue weighted by Gasteiger charge is -2.08. The number of carbonyl (C=O) groups excluding carboxylic acids is 3. The van der Waals surface area contributed by atoms with Gasteiger partial charge in [-0.1, -0.05) is 18.2 Å². The molecule has 0 heterocycles. The molecule has 0 aliphatic heterocycles. The Labute approximate surface area is 110 Å². The fourth-order valence-electron chi connectivity index (χ4n) is 1.47. The summed E-state index contributed by atoms with van der Waals surface area (Å²) in [6.07, 6.45) is 0.869. The van der Waals surface area contributed by atoms with E-state index < -0.39 is 17.9 Å². The Bertz CT molecular complexity index is 473. The summed E-state index contributed by atoms with van der Waals surface area (Å²) in [6.45, 7) is -0.0335. The van der Waals surface area contributed by atoms with Crippen LogP contribution in [-0.4, -0.2) is 24.2 Å². The van der Waals surface area contributed by atoms with E-state index in [0.717, 1.165) is 0 Å². The number of benzene rings is 1. The van der Waals surface area contributed by atoms with Crippen LogP contribution in [-0.2, 0) is 20.9 Å². The summed E-state index contributed by atoms with van der Waals surface area (Å²) < 4.78 is 5.00. The minimum atomic E-state index is -0.662. The zero-order valence-electron chi connectivity index (χ0n) is 10.4. The smallest absolute Gasteiger partial charge is 0.306 e. The SMILES string of the molecule is NC(=O)c1ccccc1COC(=O)CC[C@H](N)C=O. The molecule has 1 atom stereocenters. The summed E-state index contributed by atoms with van der Waals surface area (Å²) in [5, 5.41) is 0. The van der Waals surface area contributed by atoms with Gasteiger partial charge in [0.05, 0.1) is 6.04 Å². The Morgan fingerprint density at radius 1 is 1.32 bits per heavy atom. The molecule has 1 aromatic rings. The second-order valence-electron chi connectivity index (χ2n) is 4.02. The van der Waals surface area contributed by atoms with Gasteiger partial charge in [-0.3, -0.25) is 9.59 Å². The summed E-state index contributed by atoms with van der Waals surface area (Å²) in [4.78, 5) is 32.8. The van der Waals surface area contributed by atoms with Crippen LogP contribution in [0.25, 0.3) is 0 Å². The van der Waals surface area contributed by atoms with Crippen LogP contribution >= 0.6 is 0 Å². The van der Waals surface area contributed by atoms with Gasteiger partial charge in [-0.05, 0) is 12.5 Å². The molecule has 1 aromatic carbocycles. The van der Waals surface area contributed by atoms with Crippen LogP contribution in [0.5, 0.6) is 0 Å². The summed E-state index contributed by atoms with van der Waals surface area (Å²) in [6, 6.07) is 5.95. The molecule has 102 valence electrons. The summed E-state index contributed by atoms with van der Waals surface area (Å²) >= 11 is 0. The molecule has 0 radical (unpaired) electrons. The highest BCUT2D eigenvalue weighted by atomic mass is 16.5. The highest BCUT2D eigenvalue weighted by molar-refractivity contribution is 5.94. The first-order valence-electron chi connectivity index (χ1n) is 5.78. The molecule has 0 unspecified atom stereocenters. The van der Waals surface area contributed by atoms with Crippen LogP contribution in [0.2, 0.25) is 0 Å². The first-order valence-corrected chi connectivity index (χ1v) is 5.78. The maximum atomic E-state index is 11.4. The van der Waals surface area contributed by atoms with Gasteiger partial charge in [-0.2, -0.15) is 0 Å². The van der Waals surface area contributed by atoms with E-state index in [1.54, 1.807) is 24.3 Å². The van der Waals surface area contributed by atoms with Crippen LogP contribution in [0, 0.1) is 0 Å². The molecule has 0 saturated heterocycles. The second-order valence-corrected chi connectivity index (χ2v) is 4.02. The topological polar surface area (TPSA) is 112 Å². The van der Waals surface area contributed by atoms with Crippen LogP contribution in [0.1, 0.15) is 28.8 Å². The molecule has 1 amide bonds. The molecular weight excluding hydrogens is 248 g/mol. The van der Waals surface area contributed by atoms with Crippen molar-refractivity contribution >= 4 is 18.2 Å². The van der Waals surface area contributed by atoms with Gasteiger partial charge in [0, 0.05) is 17.5 Å². The van der Waals surface area contributed by atoms with Crippen LogP contribution < -0.4 is 11.5 Å². The molecule has 0 spiro atoms. The summed E-state index contributed by atoms with van der Waals surface area (Å²) in [5.74, 6) is -1.05. The normalized spacial score (nSPS) is 11.6. The maximum absolute atomic E-state index is 11.4. The molecule has 0 aliphatic rings. The zero-order valence-corrected chi connectivity index (χ0v) is 10.4. The van der Waals surface area contributed by atoms with Crippen LogP contribution in [0.15, 0.2) is 24.3 Å². The molecule has 0 aromatic heterocycles. The second kappa shape index (κ2) is 7.27.